The molecular weight excluding hydrogens is 436 g/mol. The number of carbonyl (C=O) groups excluding carboxylic acids is 4. The van der Waals surface area contributed by atoms with E-state index in [1.807, 2.05) is 13.2 Å². The Labute approximate surface area is 198 Å². The summed E-state index contributed by atoms with van der Waals surface area (Å²) in [6.07, 6.45) is 3.48. The van der Waals surface area contributed by atoms with Crippen molar-refractivity contribution in [1.29, 1.82) is 0 Å². The minimum absolute atomic E-state index is 0.114. The van der Waals surface area contributed by atoms with Crippen molar-refractivity contribution < 1.29 is 23.9 Å². The Morgan fingerprint density at radius 2 is 1.74 bits per heavy atom. The number of amides is 4. The molecule has 1 N–H and O–H groups in total. The molecule has 0 radical (unpaired) electrons. The number of imide groups is 2. The number of hydrogen-bond donors (Lipinski definition) is 1. The van der Waals surface area contributed by atoms with Crippen LogP contribution in [0, 0.1) is 11.8 Å². The fourth-order valence-corrected chi connectivity index (χ4v) is 6.29. The van der Waals surface area contributed by atoms with E-state index in [-0.39, 0.29) is 24.3 Å². The molecule has 180 valence electrons. The summed E-state index contributed by atoms with van der Waals surface area (Å²) in [6.45, 7) is 5.00. The first kappa shape index (κ1) is 21.7. The van der Waals surface area contributed by atoms with Gasteiger partial charge >= 0.3 is 0 Å². The molecule has 1 aliphatic carbocycles. The van der Waals surface area contributed by atoms with Crippen molar-refractivity contribution in [3.8, 4) is 0 Å². The summed E-state index contributed by atoms with van der Waals surface area (Å²) in [5.41, 5.74) is 1.40. The normalized spacial score (nSPS) is 30.4. The predicted molar refractivity (Wildman–Crippen MR) is 122 cm³/mol. The van der Waals surface area contributed by atoms with Crippen LogP contribution in [-0.4, -0.2) is 84.9 Å². The van der Waals surface area contributed by atoms with Gasteiger partial charge in [0.15, 0.2) is 0 Å². The molecule has 1 aromatic rings. The van der Waals surface area contributed by atoms with Gasteiger partial charge in [-0.3, -0.25) is 34.3 Å². The minimum atomic E-state index is -0.942. The standard InChI is InChI=1S/C25H30N4O5/c1-34-25(14-27-12-15-10-16(15)13-27)6-8-28(9-7-25)17-2-3-18-19(11-17)24(33)29(23(18)32)20-4-5-21(30)26-22(20)31/h2-3,11,15-16,20H,4-10,12-14H2,1H3,(H,26,30,31). The maximum atomic E-state index is 13.1. The van der Waals surface area contributed by atoms with E-state index in [0.29, 0.717) is 11.1 Å². The third kappa shape index (κ3) is 3.53. The Bertz CT molecular complexity index is 1070. The molecule has 4 fully saturated rings. The number of methoxy groups -OCH3 is 1. The van der Waals surface area contributed by atoms with Crippen molar-refractivity contribution in [1.82, 2.24) is 15.1 Å². The summed E-state index contributed by atoms with van der Waals surface area (Å²) < 4.78 is 6.04. The molecule has 9 nitrogen and oxygen atoms in total. The number of nitrogens with zero attached hydrogens (tertiary/aromatic N) is 3. The first-order chi connectivity index (χ1) is 16.4. The van der Waals surface area contributed by atoms with Gasteiger partial charge in [0.1, 0.15) is 6.04 Å². The van der Waals surface area contributed by atoms with Crippen LogP contribution in [0.15, 0.2) is 18.2 Å². The highest BCUT2D eigenvalue weighted by atomic mass is 16.5. The summed E-state index contributed by atoms with van der Waals surface area (Å²) in [6, 6.07) is 4.40. The van der Waals surface area contributed by atoms with Crippen LogP contribution in [0.1, 0.15) is 52.8 Å². The second kappa shape index (κ2) is 7.88. The molecule has 0 spiro atoms. The molecule has 3 unspecified atom stereocenters. The lowest BCUT2D eigenvalue weighted by Gasteiger charge is -2.43. The largest absolute Gasteiger partial charge is 0.377 e. The maximum Gasteiger partial charge on any atom is 0.262 e. The summed E-state index contributed by atoms with van der Waals surface area (Å²) in [4.78, 5) is 55.7. The molecule has 9 heteroatoms. The highest BCUT2D eigenvalue weighted by Crippen LogP contribution is 2.46. The fourth-order valence-electron chi connectivity index (χ4n) is 6.29. The van der Waals surface area contributed by atoms with Crippen LogP contribution in [-0.2, 0) is 14.3 Å². The van der Waals surface area contributed by atoms with Gasteiger partial charge in [-0.2, -0.15) is 0 Å². The zero-order valence-corrected chi connectivity index (χ0v) is 19.4. The van der Waals surface area contributed by atoms with E-state index in [1.54, 1.807) is 12.1 Å². The molecule has 0 aromatic heterocycles. The number of benzene rings is 1. The molecular formula is C25H30N4O5. The smallest absolute Gasteiger partial charge is 0.262 e. The molecule has 4 aliphatic heterocycles. The number of fused-ring (bicyclic) bond motifs is 2. The SMILES string of the molecule is COC1(CN2CC3CC3C2)CCN(c2ccc3c(c2)C(=O)N(C2CCC(=O)NC2=O)C3=O)CC1. The molecule has 34 heavy (non-hydrogen) atoms. The topological polar surface area (TPSA) is 99.3 Å². The Balaban J connectivity index is 1.15. The first-order valence-corrected chi connectivity index (χ1v) is 12.3. The van der Waals surface area contributed by atoms with Crippen LogP contribution in [0.4, 0.5) is 5.69 Å². The zero-order chi connectivity index (χ0) is 23.6. The quantitative estimate of drug-likeness (QED) is 0.647. The van der Waals surface area contributed by atoms with Crippen LogP contribution in [0.5, 0.6) is 0 Å². The Kier molecular flexibility index (Phi) is 5.04. The number of likely N-dealkylation sites (tertiary alicyclic amines) is 1. The lowest BCUT2D eigenvalue weighted by molar-refractivity contribution is -0.136. The van der Waals surface area contributed by atoms with E-state index in [1.165, 1.54) is 19.5 Å². The van der Waals surface area contributed by atoms with Gasteiger partial charge < -0.3 is 9.64 Å². The van der Waals surface area contributed by atoms with Crippen molar-refractivity contribution in [3.05, 3.63) is 29.3 Å². The fraction of sp³-hybridized carbons (Fsp3) is 0.600. The molecule has 0 bridgehead atoms. The summed E-state index contributed by atoms with van der Waals surface area (Å²) in [5, 5.41) is 2.23. The predicted octanol–water partition coefficient (Wildman–Crippen LogP) is 1.02. The van der Waals surface area contributed by atoms with E-state index in [0.717, 1.165) is 54.9 Å². The van der Waals surface area contributed by atoms with E-state index in [2.05, 4.69) is 15.1 Å². The van der Waals surface area contributed by atoms with Crippen LogP contribution in [0.3, 0.4) is 0 Å². The number of ether oxygens (including phenoxy) is 1. The maximum absolute atomic E-state index is 13.1. The molecule has 1 saturated carbocycles. The minimum Gasteiger partial charge on any atom is -0.377 e. The molecule has 3 atom stereocenters. The van der Waals surface area contributed by atoms with E-state index in [9.17, 15) is 19.2 Å². The number of hydrogen-bond acceptors (Lipinski definition) is 7. The van der Waals surface area contributed by atoms with Crippen molar-refractivity contribution in [2.45, 2.75) is 43.7 Å². The van der Waals surface area contributed by atoms with Gasteiger partial charge in [-0.15, -0.1) is 0 Å². The average Bonchev–Trinajstić information content (AvgIpc) is 3.37. The Morgan fingerprint density at radius 3 is 2.41 bits per heavy atom. The Morgan fingerprint density at radius 1 is 1.03 bits per heavy atom. The third-order valence-corrected chi connectivity index (χ3v) is 8.46. The van der Waals surface area contributed by atoms with E-state index < -0.39 is 23.8 Å². The van der Waals surface area contributed by atoms with Crippen molar-refractivity contribution >= 4 is 29.3 Å². The van der Waals surface area contributed by atoms with E-state index >= 15 is 0 Å². The van der Waals surface area contributed by atoms with Crippen LogP contribution >= 0.6 is 0 Å². The molecule has 4 amide bonds. The monoisotopic (exact) mass is 466 g/mol. The van der Waals surface area contributed by atoms with Gasteiger partial charge in [0.05, 0.1) is 16.7 Å². The summed E-state index contributed by atoms with van der Waals surface area (Å²) >= 11 is 0. The van der Waals surface area contributed by atoms with Crippen molar-refractivity contribution in [3.63, 3.8) is 0 Å². The van der Waals surface area contributed by atoms with Gasteiger partial charge in [0.2, 0.25) is 11.8 Å². The molecule has 3 saturated heterocycles. The van der Waals surface area contributed by atoms with Crippen LogP contribution in [0.2, 0.25) is 0 Å². The molecule has 6 rings (SSSR count). The number of rotatable bonds is 5. The van der Waals surface area contributed by atoms with Gasteiger partial charge in [0.25, 0.3) is 11.8 Å². The van der Waals surface area contributed by atoms with Crippen molar-refractivity contribution in [2.24, 2.45) is 11.8 Å². The number of anilines is 1. The van der Waals surface area contributed by atoms with Crippen LogP contribution in [0.25, 0.3) is 0 Å². The summed E-state index contributed by atoms with van der Waals surface area (Å²) in [7, 11) is 1.82. The third-order valence-electron chi connectivity index (χ3n) is 8.46. The lowest BCUT2D eigenvalue weighted by atomic mass is 9.90. The van der Waals surface area contributed by atoms with Gasteiger partial charge in [-0.05, 0) is 55.7 Å². The number of carbonyl (C=O) groups is 4. The highest BCUT2D eigenvalue weighted by Gasteiger charge is 2.48. The van der Waals surface area contributed by atoms with Crippen LogP contribution < -0.4 is 10.2 Å². The lowest BCUT2D eigenvalue weighted by Crippen LogP contribution is -2.54. The van der Waals surface area contributed by atoms with Gasteiger partial charge in [0, 0.05) is 51.9 Å². The zero-order valence-electron chi connectivity index (χ0n) is 19.4. The second-order valence-corrected chi connectivity index (χ2v) is 10.5. The molecule has 1 aromatic carbocycles. The average molecular weight is 467 g/mol. The molecule has 4 heterocycles. The van der Waals surface area contributed by atoms with Gasteiger partial charge in [-0.25, -0.2) is 0 Å². The second-order valence-electron chi connectivity index (χ2n) is 10.5. The Hall–Kier alpha value is -2.78. The highest BCUT2D eigenvalue weighted by molar-refractivity contribution is 6.23. The van der Waals surface area contributed by atoms with Gasteiger partial charge in [-0.1, -0.05) is 0 Å². The molecule has 5 aliphatic rings. The van der Waals surface area contributed by atoms with Crippen molar-refractivity contribution in [2.75, 3.05) is 44.7 Å². The number of nitrogens with one attached hydrogen (secondary N) is 1. The first-order valence-electron chi connectivity index (χ1n) is 12.3. The van der Waals surface area contributed by atoms with E-state index in [4.69, 9.17) is 4.74 Å². The number of piperidine rings is 3. The summed E-state index contributed by atoms with van der Waals surface area (Å²) in [5.74, 6) is -0.0955.